The monoisotopic (exact) mass is 358 g/mol. The van der Waals surface area contributed by atoms with Crippen LogP contribution in [0.1, 0.15) is 31.7 Å². The van der Waals surface area contributed by atoms with Crippen molar-refractivity contribution in [1.82, 2.24) is 15.1 Å². The van der Waals surface area contributed by atoms with E-state index in [1.807, 2.05) is 7.05 Å². The largest absolute Gasteiger partial charge is 0.382 e. The van der Waals surface area contributed by atoms with Crippen molar-refractivity contribution in [2.75, 3.05) is 53.0 Å². The molecular formula is C21H34N4O. The Balaban J connectivity index is 1.41. The van der Waals surface area contributed by atoms with Gasteiger partial charge in [0.25, 0.3) is 0 Å². The number of nitrogens with zero attached hydrogens (tertiary/aromatic N) is 3. The Morgan fingerprint density at radius 3 is 2.50 bits per heavy atom. The fourth-order valence-corrected chi connectivity index (χ4v) is 3.68. The molecule has 1 aliphatic carbocycles. The van der Waals surface area contributed by atoms with Crippen molar-refractivity contribution in [2.45, 2.75) is 32.7 Å². The van der Waals surface area contributed by atoms with Gasteiger partial charge in [-0.15, -0.1) is 0 Å². The van der Waals surface area contributed by atoms with E-state index in [1.165, 1.54) is 18.4 Å². The molecule has 1 saturated heterocycles. The van der Waals surface area contributed by atoms with Crippen LogP contribution in [-0.2, 0) is 11.3 Å². The number of hydrogen-bond acceptors (Lipinski definition) is 3. The SMILES string of the molecule is CCOCCC1(CNC(=NC)N2CCN(Cc3ccccc3)CC2)CC1. The molecule has 0 radical (unpaired) electrons. The Morgan fingerprint density at radius 1 is 1.15 bits per heavy atom. The van der Waals surface area contributed by atoms with Crippen LogP contribution in [0, 0.1) is 5.41 Å². The molecule has 0 amide bonds. The molecule has 1 aliphatic heterocycles. The fraction of sp³-hybridized carbons (Fsp3) is 0.667. The zero-order valence-corrected chi connectivity index (χ0v) is 16.4. The second-order valence-electron chi connectivity index (χ2n) is 7.60. The fourth-order valence-electron chi connectivity index (χ4n) is 3.68. The van der Waals surface area contributed by atoms with E-state index in [4.69, 9.17) is 4.74 Å². The first-order valence-electron chi connectivity index (χ1n) is 10.0. The Bertz CT molecular complexity index is 563. The van der Waals surface area contributed by atoms with Crippen molar-refractivity contribution in [3.63, 3.8) is 0 Å². The number of nitrogens with one attached hydrogen (secondary N) is 1. The lowest BCUT2D eigenvalue weighted by Gasteiger charge is -2.37. The van der Waals surface area contributed by atoms with Gasteiger partial charge in [-0.05, 0) is 37.2 Å². The molecule has 2 aliphatic rings. The van der Waals surface area contributed by atoms with Crippen LogP contribution in [-0.4, -0.2) is 68.7 Å². The Hall–Kier alpha value is -1.59. The van der Waals surface area contributed by atoms with Gasteiger partial charge in [-0.3, -0.25) is 9.89 Å². The second kappa shape index (κ2) is 9.38. The Labute approximate surface area is 158 Å². The first-order valence-corrected chi connectivity index (χ1v) is 10.0. The van der Waals surface area contributed by atoms with Crippen LogP contribution in [0.25, 0.3) is 0 Å². The van der Waals surface area contributed by atoms with Gasteiger partial charge in [0.1, 0.15) is 0 Å². The van der Waals surface area contributed by atoms with E-state index in [2.05, 4.69) is 57.4 Å². The van der Waals surface area contributed by atoms with Gasteiger partial charge in [-0.2, -0.15) is 0 Å². The van der Waals surface area contributed by atoms with Crippen molar-refractivity contribution in [3.05, 3.63) is 35.9 Å². The quantitative estimate of drug-likeness (QED) is 0.440. The Morgan fingerprint density at radius 2 is 1.88 bits per heavy atom. The topological polar surface area (TPSA) is 40.1 Å². The van der Waals surface area contributed by atoms with Crippen molar-refractivity contribution >= 4 is 5.96 Å². The zero-order valence-electron chi connectivity index (χ0n) is 16.4. The smallest absolute Gasteiger partial charge is 0.193 e. The number of piperazine rings is 1. The van der Waals surface area contributed by atoms with Crippen LogP contribution in [0.3, 0.4) is 0 Å². The molecule has 0 aromatic heterocycles. The third kappa shape index (κ3) is 5.45. The van der Waals surface area contributed by atoms with Crippen LogP contribution in [0.4, 0.5) is 0 Å². The van der Waals surface area contributed by atoms with Gasteiger partial charge < -0.3 is 15.0 Å². The lowest BCUT2D eigenvalue weighted by molar-refractivity contribution is 0.128. The molecule has 0 unspecified atom stereocenters. The van der Waals surface area contributed by atoms with E-state index in [0.29, 0.717) is 5.41 Å². The molecule has 144 valence electrons. The molecule has 26 heavy (non-hydrogen) atoms. The molecule has 0 atom stereocenters. The standard InChI is InChI=1S/C21H34N4O/c1-3-26-16-11-21(9-10-21)18-23-20(22-2)25-14-12-24(13-15-25)17-19-7-5-4-6-8-19/h4-8H,3,9-18H2,1-2H3,(H,22,23). The Kier molecular flexibility index (Phi) is 6.92. The van der Waals surface area contributed by atoms with Crippen LogP contribution in [0.5, 0.6) is 0 Å². The molecule has 5 nitrogen and oxygen atoms in total. The van der Waals surface area contributed by atoms with Crippen molar-refractivity contribution in [2.24, 2.45) is 10.4 Å². The minimum Gasteiger partial charge on any atom is -0.382 e. The first-order chi connectivity index (χ1) is 12.7. The van der Waals surface area contributed by atoms with Crippen molar-refractivity contribution in [1.29, 1.82) is 0 Å². The molecule has 2 fully saturated rings. The summed E-state index contributed by atoms with van der Waals surface area (Å²) in [7, 11) is 1.90. The van der Waals surface area contributed by atoms with Gasteiger partial charge in [0.05, 0.1) is 0 Å². The summed E-state index contributed by atoms with van der Waals surface area (Å²) in [5.41, 5.74) is 1.84. The highest BCUT2D eigenvalue weighted by Crippen LogP contribution is 2.48. The van der Waals surface area contributed by atoms with Gasteiger partial charge in [0, 0.05) is 59.5 Å². The summed E-state index contributed by atoms with van der Waals surface area (Å²) in [6.07, 6.45) is 3.79. The highest BCUT2D eigenvalue weighted by Gasteiger charge is 2.42. The minimum atomic E-state index is 0.445. The summed E-state index contributed by atoms with van der Waals surface area (Å²) >= 11 is 0. The molecule has 0 bridgehead atoms. The maximum atomic E-state index is 5.55. The van der Waals surface area contributed by atoms with Gasteiger partial charge in [0.15, 0.2) is 5.96 Å². The van der Waals surface area contributed by atoms with Crippen LogP contribution in [0.2, 0.25) is 0 Å². The average Bonchev–Trinajstić information content (AvgIpc) is 3.45. The molecular weight excluding hydrogens is 324 g/mol. The molecule has 5 heteroatoms. The molecule has 1 aromatic rings. The highest BCUT2D eigenvalue weighted by atomic mass is 16.5. The van der Waals surface area contributed by atoms with E-state index in [0.717, 1.165) is 64.9 Å². The second-order valence-corrected chi connectivity index (χ2v) is 7.60. The molecule has 3 rings (SSSR count). The summed E-state index contributed by atoms with van der Waals surface area (Å²) in [5.74, 6) is 1.06. The van der Waals surface area contributed by atoms with E-state index in [-0.39, 0.29) is 0 Å². The summed E-state index contributed by atoms with van der Waals surface area (Å²) in [5, 5.41) is 3.64. The zero-order chi connectivity index (χ0) is 18.2. The van der Waals surface area contributed by atoms with Crippen molar-refractivity contribution < 1.29 is 4.74 Å². The van der Waals surface area contributed by atoms with E-state index < -0.39 is 0 Å². The van der Waals surface area contributed by atoms with Gasteiger partial charge in [-0.25, -0.2) is 0 Å². The minimum absolute atomic E-state index is 0.445. The maximum absolute atomic E-state index is 5.55. The summed E-state index contributed by atoms with van der Waals surface area (Å²) in [6.45, 7) is 10.1. The predicted octanol–water partition coefficient (Wildman–Crippen LogP) is 2.59. The molecule has 1 N–H and O–H groups in total. The summed E-state index contributed by atoms with van der Waals surface area (Å²) < 4.78 is 5.55. The average molecular weight is 359 g/mol. The summed E-state index contributed by atoms with van der Waals surface area (Å²) in [6, 6.07) is 10.7. The number of guanidine groups is 1. The van der Waals surface area contributed by atoms with Crippen LogP contribution >= 0.6 is 0 Å². The lowest BCUT2D eigenvalue weighted by Crippen LogP contribution is -2.52. The first kappa shape index (κ1) is 19.2. The third-order valence-corrected chi connectivity index (χ3v) is 5.69. The highest BCUT2D eigenvalue weighted by molar-refractivity contribution is 5.80. The van der Waals surface area contributed by atoms with Crippen LogP contribution in [0.15, 0.2) is 35.3 Å². The third-order valence-electron chi connectivity index (χ3n) is 5.69. The molecule has 1 saturated carbocycles. The summed E-state index contributed by atoms with van der Waals surface area (Å²) in [4.78, 5) is 9.46. The number of benzene rings is 1. The molecule has 1 aromatic carbocycles. The molecule has 1 heterocycles. The number of aliphatic imine (C=N–C) groups is 1. The van der Waals surface area contributed by atoms with Crippen LogP contribution < -0.4 is 5.32 Å². The van der Waals surface area contributed by atoms with Gasteiger partial charge >= 0.3 is 0 Å². The number of rotatable bonds is 8. The number of hydrogen-bond donors (Lipinski definition) is 1. The van der Waals surface area contributed by atoms with Gasteiger partial charge in [0.2, 0.25) is 0 Å². The van der Waals surface area contributed by atoms with E-state index in [9.17, 15) is 0 Å². The van der Waals surface area contributed by atoms with Crippen molar-refractivity contribution in [3.8, 4) is 0 Å². The maximum Gasteiger partial charge on any atom is 0.193 e. The van der Waals surface area contributed by atoms with E-state index in [1.54, 1.807) is 0 Å². The van der Waals surface area contributed by atoms with E-state index >= 15 is 0 Å². The predicted molar refractivity (Wildman–Crippen MR) is 107 cm³/mol. The lowest BCUT2D eigenvalue weighted by atomic mass is 10.0. The van der Waals surface area contributed by atoms with Gasteiger partial charge in [-0.1, -0.05) is 30.3 Å². The normalized spacial score (nSPS) is 20.2. The number of ether oxygens (including phenoxy) is 1. The molecule has 0 spiro atoms.